The minimum atomic E-state index is 0.138. The third kappa shape index (κ3) is 4.53. The second-order valence-corrected chi connectivity index (χ2v) is 11.6. The lowest BCUT2D eigenvalue weighted by Gasteiger charge is -2.14. The Morgan fingerprint density at radius 3 is 1.74 bits per heavy atom. The van der Waals surface area contributed by atoms with Crippen molar-refractivity contribution >= 4 is 21.9 Å². The van der Waals surface area contributed by atoms with E-state index in [-0.39, 0.29) is 6.79 Å². The zero-order valence-electron chi connectivity index (χ0n) is 24.9. The Labute approximate surface area is 266 Å². The van der Waals surface area contributed by atoms with E-state index in [1.54, 1.807) is 0 Å². The fraction of sp³-hybridized carbons (Fsp3) is 0.0233. The van der Waals surface area contributed by atoms with Gasteiger partial charge in [-0.1, -0.05) is 109 Å². The van der Waals surface area contributed by atoms with E-state index in [9.17, 15) is 0 Å². The Bertz CT molecular complexity index is 2330. The summed E-state index contributed by atoms with van der Waals surface area (Å²) in [5.41, 5.74) is 12.8. The van der Waals surface area contributed by atoms with E-state index in [1.807, 2.05) is 18.2 Å². The van der Waals surface area contributed by atoms with Crippen molar-refractivity contribution in [3.8, 4) is 67.1 Å². The van der Waals surface area contributed by atoms with Gasteiger partial charge in [-0.2, -0.15) is 0 Å². The van der Waals surface area contributed by atoms with E-state index >= 15 is 0 Å². The molecule has 0 atom stereocenters. The van der Waals surface area contributed by atoms with Crippen LogP contribution in [-0.2, 0) is 0 Å². The fourth-order valence-corrected chi connectivity index (χ4v) is 6.60. The Balaban J connectivity index is 1.17. The van der Waals surface area contributed by atoms with Crippen LogP contribution in [0, 0.1) is 0 Å². The average molecular weight is 593 g/mol. The lowest BCUT2D eigenvalue weighted by Crippen LogP contribution is -2.03. The van der Waals surface area contributed by atoms with Crippen molar-refractivity contribution in [3.05, 3.63) is 158 Å². The molecule has 1 aliphatic heterocycles. The molecule has 0 fully saturated rings. The van der Waals surface area contributed by atoms with E-state index in [2.05, 4.69) is 140 Å². The van der Waals surface area contributed by atoms with Crippen LogP contribution in [0.2, 0.25) is 0 Å². The Morgan fingerprint density at radius 1 is 0.348 bits per heavy atom. The SMILES string of the molecule is c1ccc(-c2cc(-c3ccccc3)cc(-c3ccc4c(c3)-c3ccc(-c5cccc6c5oc5ccccc56)cc3OCO4)c2)cc1. The third-order valence-corrected chi connectivity index (χ3v) is 8.88. The number of para-hydroxylation sites is 2. The molecule has 0 amide bonds. The molecule has 8 aromatic rings. The van der Waals surface area contributed by atoms with Gasteiger partial charge in [0, 0.05) is 27.5 Å². The van der Waals surface area contributed by atoms with Crippen LogP contribution >= 0.6 is 0 Å². The van der Waals surface area contributed by atoms with Gasteiger partial charge in [-0.15, -0.1) is 0 Å². The van der Waals surface area contributed by atoms with Crippen molar-refractivity contribution in [2.45, 2.75) is 0 Å². The van der Waals surface area contributed by atoms with Crippen molar-refractivity contribution in [2.75, 3.05) is 6.79 Å². The van der Waals surface area contributed by atoms with E-state index < -0.39 is 0 Å². The monoisotopic (exact) mass is 592 g/mol. The number of hydrogen-bond acceptors (Lipinski definition) is 3. The maximum Gasteiger partial charge on any atom is 0.230 e. The smallest absolute Gasteiger partial charge is 0.230 e. The molecule has 0 unspecified atom stereocenters. The molecule has 0 spiro atoms. The van der Waals surface area contributed by atoms with Gasteiger partial charge in [-0.25, -0.2) is 0 Å². The van der Waals surface area contributed by atoms with Gasteiger partial charge in [0.05, 0.1) is 0 Å². The van der Waals surface area contributed by atoms with Gasteiger partial charge >= 0.3 is 0 Å². The highest BCUT2D eigenvalue weighted by Crippen LogP contribution is 2.45. The second-order valence-electron chi connectivity index (χ2n) is 11.6. The van der Waals surface area contributed by atoms with E-state index in [4.69, 9.17) is 13.9 Å². The van der Waals surface area contributed by atoms with Gasteiger partial charge in [0.2, 0.25) is 6.79 Å². The van der Waals surface area contributed by atoms with Crippen molar-refractivity contribution in [1.29, 1.82) is 0 Å². The standard InChI is InChI=1S/C43H28O3/c1-3-10-28(11-4-1)32-22-33(29-12-5-2-6-13-29)24-34(23-32)30-19-21-40-39(25-30)37-20-18-31(26-42(37)45-27-44-40)35-15-9-16-38-36-14-7-8-17-41(36)46-43(35)38/h1-26H,27H2. The first-order valence-electron chi connectivity index (χ1n) is 15.5. The van der Waals surface area contributed by atoms with Crippen LogP contribution < -0.4 is 9.47 Å². The van der Waals surface area contributed by atoms with Crippen LogP contribution in [0.25, 0.3) is 77.6 Å². The van der Waals surface area contributed by atoms with E-state index in [1.165, 1.54) is 22.3 Å². The maximum absolute atomic E-state index is 6.35. The van der Waals surface area contributed by atoms with Crippen LogP contribution in [0.5, 0.6) is 11.5 Å². The third-order valence-electron chi connectivity index (χ3n) is 8.88. The summed E-state index contributed by atoms with van der Waals surface area (Å²) in [5, 5.41) is 2.22. The predicted molar refractivity (Wildman–Crippen MR) is 187 cm³/mol. The van der Waals surface area contributed by atoms with Crippen molar-refractivity contribution in [3.63, 3.8) is 0 Å². The molecule has 3 nitrogen and oxygen atoms in total. The topological polar surface area (TPSA) is 31.6 Å². The molecule has 0 N–H and O–H groups in total. The van der Waals surface area contributed by atoms with Crippen LogP contribution in [-0.4, -0.2) is 6.79 Å². The minimum absolute atomic E-state index is 0.138. The highest BCUT2D eigenvalue weighted by atomic mass is 16.7. The van der Waals surface area contributed by atoms with Crippen LogP contribution in [0.4, 0.5) is 0 Å². The van der Waals surface area contributed by atoms with Gasteiger partial charge in [-0.05, 0) is 87.5 Å². The van der Waals surface area contributed by atoms with Gasteiger partial charge in [0.25, 0.3) is 0 Å². The number of benzene rings is 7. The summed E-state index contributed by atoms with van der Waals surface area (Å²) < 4.78 is 18.7. The molecule has 0 bridgehead atoms. The molecule has 0 saturated heterocycles. The molecule has 1 aromatic heterocycles. The van der Waals surface area contributed by atoms with E-state index in [0.29, 0.717) is 0 Å². The van der Waals surface area contributed by atoms with Crippen molar-refractivity contribution < 1.29 is 13.9 Å². The zero-order valence-corrected chi connectivity index (χ0v) is 24.9. The minimum Gasteiger partial charge on any atom is -0.457 e. The first-order valence-corrected chi connectivity index (χ1v) is 15.5. The molecule has 0 radical (unpaired) electrons. The number of rotatable bonds is 4. The molecule has 0 aliphatic carbocycles. The summed E-state index contributed by atoms with van der Waals surface area (Å²) in [6.45, 7) is 0.138. The van der Waals surface area contributed by atoms with Crippen LogP contribution in [0.1, 0.15) is 0 Å². The van der Waals surface area contributed by atoms with Crippen molar-refractivity contribution in [1.82, 2.24) is 0 Å². The average Bonchev–Trinajstić information content (AvgIpc) is 3.41. The highest BCUT2D eigenvalue weighted by Gasteiger charge is 2.20. The largest absolute Gasteiger partial charge is 0.457 e. The molecule has 218 valence electrons. The highest BCUT2D eigenvalue weighted by molar-refractivity contribution is 6.09. The quantitative estimate of drug-likeness (QED) is 0.204. The molecule has 0 saturated carbocycles. The molecule has 9 rings (SSSR count). The summed E-state index contributed by atoms with van der Waals surface area (Å²) in [5.74, 6) is 1.58. The maximum atomic E-state index is 6.35. The molecular weight excluding hydrogens is 564 g/mol. The van der Waals surface area contributed by atoms with Gasteiger partial charge < -0.3 is 13.9 Å². The van der Waals surface area contributed by atoms with Gasteiger partial charge in [0.15, 0.2) is 0 Å². The Hall–Kier alpha value is -6.06. The first kappa shape index (κ1) is 26.4. The zero-order chi connectivity index (χ0) is 30.5. The van der Waals surface area contributed by atoms with E-state index in [0.717, 1.165) is 66.8 Å². The fourth-order valence-electron chi connectivity index (χ4n) is 6.60. The number of furan rings is 1. The first-order chi connectivity index (χ1) is 22.8. The second kappa shape index (κ2) is 10.8. The Morgan fingerprint density at radius 2 is 0.978 bits per heavy atom. The number of fused-ring (bicyclic) bond motifs is 6. The predicted octanol–water partition coefficient (Wildman–Crippen LogP) is 11.6. The van der Waals surface area contributed by atoms with Gasteiger partial charge in [-0.3, -0.25) is 0 Å². The lowest BCUT2D eigenvalue weighted by atomic mass is 9.91. The van der Waals surface area contributed by atoms with Crippen molar-refractivity contribution in [2.24, 2.45) is 0 Å². The normalized spacial score (nSPS) is 12.2. The van der Waals surface area contributed by atoms with Gasteiger partial charge in [0.1, 0.15) is 22.7 Å². The number of hydrogen-bond donors (Lipinski definition) is 0. The molecule has 7 aromatic carbocycles. The lowest BCUT2D eigenvalue weighted by molar-refractivity contribution is 0.125. The molecule has 1 aliphatic rings. The summed E-state index contributed by atoms with van der Waals surface area (Å²) in [7, 11) is 0. The molecule has 46 heavy (non-hydrogen) atoms. The molecular formula is C43H28O3. The molecule has 2 heterocycles. The number of ether oxygens (including phenoxy) is 2. The summed E-state index contributed by atoms with van der Waals surface area (Å²) >= 11 is 0. The summed E-state index contributed by atoms with van der Waals surface area (Å²) in [6, 6.07) is 55.2. The van der Waals surface area contributed by atoms with Crippen LogP contribution in [0.3, 0.4) is 0 Å². The Kier molecular flexibility index (Phi) is 6.20. The van der Waals surface area contributed by atoms with Crippen LogP contribution in [0.15, 0.2) is 162 Å². The summed E-state index contributed by atoms with van der Waals surface area (Å²) in [4.78, 5) is 0. The summed E-state index contributed by atoms with van der Waals surface area (Å²) in [6.07, 6.45) is 0. The molecule has 3 heteroatoms.